The lowest BCUT2D eigenvalue weighted by Crippen LogP contribution is -2.44. The van der Waals surface area contributed by atoms with Gasteiger partial charge in [-0.2, -0.15) is 0 Å². The van der Waals surface area contributed by atoms with Gasteiger partial charge in [-0.1, -0.05) is 43.3 Å². The van der Waals surface area contributed by atoms with Crippen molar-refractivity contribution in [1.29, 1.82) is 0 Å². The van der Waals surface area contributed by atoms with Crippen LogP contribution in [0, 0.1) is 11.8 Å². The molecule has 0 saturated carbocycles. The summed E-state index contributed by atoms with van der Waals surface area (Å²) < 4.78 is 0. The fourth-order valence-electron chi connectivity index (χ4n) is 5.58. The topological polar surface area (TPSA) is 32.3 Å². The van der Waals surface area contributed by atoms with Crippen molar-refractivity contribution in [1.82, 2.24) is 10.2 Å². The number of rotatable bonds is 4. The van der Waals surface area contributed by atoms with E-state index in [1.165, 1.54) is 56.4 Å². The van der Waals surface area contributed by atoms with E-state index in [2.05, 4.69) is 53.6 Å². The monoisotopic (exact) mass is 354 g/mol. The molecule has 3 atom stereocenters. The Labute approximate surface area is 159 Å². The van der Waals surface area contributed by atoms with E-state index < -0.39 is 0 Å². The third kappa shape index (κ3) is 3.34. The maximum Gasteiger partial charge on any atom is 0.217 e. The van der Waals surface area contributed by atoms with E-state index in [1.54, 1.807) is 6.92 Å². The molecule has 142 valence electrons. The second kappa shape index (κ2) is 7.19. The van der Waals surface area contributed by atoms with E-state index in [0.717, 1.165) is 18.3 Å². The maximum absolute atomic E-state index is 11.7. The van der Waals surface area contributed by atoms with E-state index in [1.807, 2.05) is 0 Å². The number of nitrogens with zero attached hydrogens (tertiary/aromatic N) is 1. The first-order valence-electron chi connectivity index (χ1n) is 10.3. The average molecular weight is 355 g/mol. The van der Waals surface area contributed by atoms with Crippen LogP contribution >= 0.6 is 0 Å². The van der Waals surface area contributed by atoms with Crippen molar-refractivity contribution in [2.75, 3.05) is 19.6 Å². The van der Waals surface area contributed by atoms with Gasteiger partial charge in [0.15, 0.2) is 0 Å². The first-order chi connectivity index (χ1) is 12.6. The Hall–Kier alpha value is -1.61. The number of nitrogens with one attached hydrogen (secondary N) is 1. The SMILES string of the molecule is CC(=O)NC1CC2(CCN(C[C@@H](C)[C@H]3C=CCC3)CC2)c2ccccc21.[HH]. The van der Waals surface area contributed by atoms with Gasteiger partial charge < -0.3 is 10.2 Å². The Morgan fingerprint density at radius 3 is 2.81 bits per heavy atom. The minimum atomic E-state index is 0. The summed E-state index contributed by atoms with van der Waals surface area (Å²) in [6, 6.07) is 8.98. The molecule has 1 spiro atoms. The highest BCUT2D eigenvalue weighted by Crippen LogP contribution is 2.50. The normalized spacial score (nSPS) is 28.2. The second-order valence-corrected chi connectivity index (χ2v) is 8.77. The van der Waals surface area contributed by atoms with Gasteiger partial charge in [0.2, 0.25) is 5.91 Å². The number of amides is 1. The molecule has 1 unspecified atom stereocenters. The van der Waals surface area contributed by atoms with Crippen LogP contribution in [0.3, 0.4) is 0 Å². The molecular formula is C23H34N2O. The fraction of sp³-hybridized carbons (Fsp3) is 0.609. The number of hydrogen-bond donors (Lipinski definition) is 1. The lowest BCUT2D eigenvalue weighted by atomic mass is 9.73. The van der Waals surface area contributed by atoms with E-state index in [0.29, 0.717) is 0 Å². The highest BCUT2D eigenvalue weighted by atomic mass is 16.1. The van der Waals surface area contributed by atoms with Crippen LogP contribution in [0.15, 0.2) is 36.4 Å². The predicted molar refractivity (Wildman–Crippen MR) is 108 cm³/mol. The van der Waals surface area contributed by atoms with Gasteiger partial charge in [-0.25, -0.2) is 0 Å². The number of piperidine rings is 1. The molecule has 2 aliphatic carbocycles. The van der Waals surface area contributed by atoms with E-state index in [9.17, 15) is 4.79 Å². The molecule has 0 aromatic heterocycles. The van der Waals surface area contributed by atoms with Crippen LogP contribution in [0.2, 0.25) is 0 Å². The minimum Gasteiger partial charge on any atom is -0.349 e. The van der Waals surface area contributed by atoms with Crippen molar-refractivity contribution in [3.8, 4) is 0 Å². The Morgan fingerprint density at radius 1 is 1.35 bits per heavy atom. The smallest absolute Gasteiger partial charge is 0.217 e. The van der Waals surface area contributed by atoms with Crippen LogP contribution in [0.4, 0.5) is 0 Å². The van der Waals surface area contributed by atoms with Gasteiger partial charge in [-0.15, -0.1) is 0 Å². The van der Waals surface area contributed by atoms with E-state index in [-0.39, 0.29) is 18.8 Å². The zero-order valence-corrected chi connectivity index (χ0v) is 16.2. The summed E-state index contributed by atoms with van der Waals surface area (Å²) in [5, 5.41) is 3.19. The van der Waals surface area contributed by atoms with Crippen LogP contribution in [-0.4, -0.2) is 30.4 Å². The van der Waals surface area contributed by atoms with Gasteiger partial charge in [-0.05, 0) is 68.2 Å². The van der Waals surface area contributed by atoms with Gasteiger partial charge in [0.05, 0.1) is 6.04 Å². The molecule has 26 heavy (non-hydrogen) atoms. The molecule has 1 saturated heterocycles. The standard InChI is InChI=1S/C23H32N2O.H2/c1-17(19-7-3-4-8-19)16-25-13-11-23(12-14-25)15-22(24-18(2)26)20-9-5-6-10-21(20)23;/h3,5-7,9-10,17,19,22H,4,8,11-16H2,1-2H3,(H,24,26);1H/t17-,19+,22?;/m1./s1. The predicted octanol–water partition coefficient (Wildman–Crippen LogP) is 4.45. The Kier molecular flexibility index (Phi) is 4.92. The van der Waals surface area contributed by atoms with Gasteiger partial charge in [0.25, 0.3) is 0 Å². The molecule has 1 fully saturated rings. The average Bonchev–Trinajstić information content (AvgIpc) is 3.25. The number of carbonyl (C=O) groups is 1. The van der Waals surface area contributed by atoms with Crippen molar-refractivity contribution in [3.63, 3.8) is 0 Å². The number of allylic oxidation sites excluding steroid dienone is 2. The second-order valence-electron chi connectivity index (χ2n) is 8.77. The molecule has 1 amide bonds. The Balaban J connectivity index is 0.00000210. The summed E-state index contributed by atoms with van der Waals surface area (Å²) in [6.45, 7) is 7.64. The van der Waals surface area contributed by atoms with Gasteiger partial charge in [0, 0.05) is 20.3 Å². The third-order valence-electron chi connectivity index (χ3n) is 7.02. The van der Waals surface area contributed by atoms with E-state index >= 15 is 0 Å². The third-order valence-corrected chi connectivity index (χ3v) is 7.02. The van der Waals surface area contributed by atoms with Gasteiger partial charge >= 0.3 is 0 Å². The van der Waals surface area contributed by atoms with Gasteiger partial charge in [-0.3, -0.25) is 4.79 Å². The summed E-state index contributed by atoms with van der Waals surface area (Å²) in [4.78, 5) is 14.3. The first kappa shape index (κ1) is 17.8. The maximum atomic E-state index is 11.7. The summed E-state index contributed by atoms with van der Waals surface area (Å²) in [5.41, 5.74) is 3.10. The molecular weight excluding hydrogens is 320 g/mol. The van der Waals surface area contributed by atoms with Crippen molar-refractivity contribution in [2.45, 2.75) is 57.4 Å². The quantitative estimate of drug-likeness (QED) is 0.810. The van der Waals surface area contributed by atoms with Crippen LogP contribution in [0.1, 0.15) is 64.5 Å². The molecule has 4 rings (SSSR count). The van der Waals surface area contributed by atoms with Crippen molar-refractivity contribution in [3.05, 3.63) is 47.5 Å². The summed E-state index contributed by atoms with van der Waals surface area (Å²) in [7, 11) is 0. The fourth-order valence-corrected chi connectivity index (χ4v) is 5.58. The molecule has 1 aromatic carbocycles. The minimum absolute atomic E-state index is 0. The lowest BCUT2D eigenvalue weighted by Gasteiger charge is -2.41. The summed E-state index contributed by atoms with van der Waals surface area (Å²) in [6.07, 6.45) is 10.9. The molecule has 3 heteroatoms. The van der Waals surface area contributed by atoms with Crippen molar-refractivity contribution in [2.24, 2.45) is 11.8 Å². The largest absolute Gasteiger partial charge is 0.349 e. The molecule has 1 aliphatic heterocycles. The van der Waals surface area contributed by atoms with Crippen LogP contribution in [-0.2, 0) is 10.2 Å². The number of likely N-dealkylation sites (tertiary alicyclic amines) is 1. The lowest BCUT2D eigenvalue weighted by molar-refractivity contribution is -0.119. The number of benzene rings is 1. The molecule has 3 nitrogen and oxygen atoms in total. The first-order valence-corrected chi connectivity index (χ1v) is 10.3. The molecule has 3 aliphatic rings. The van der Waals surface area contributed by atoms with Crippen LogP contribution in [0.25, 0.3) is 0 Å². The number of hydrogen-bond acceptors (Lipinski definition) is 2. The number of carbonyl (C=O) groups excluding carboxylic acids is 1. The molecule has 0 radical (unpaired) electrons. The molecule has 1 aromatic rings. The van der Waals surface area contributed by atoms with Crippen molar-refractivity contribution < 1.29 is 6.22 Å². The van der Waals surface area contributed by atoms with Crippen LogP contribution in [0.5, 0.6) is 0 Å². The zero-order chi connectivity index (χ0) is 18.1. The Morgan fingerprint density at radius 2 is 2.12 bits per heavy atom. The van der Waals surface area contributed by atoms with E-state index in [4.69, 9.17) is 0 Å². The Bertz CT molecular complexity index is 693. The number of fused-ring (bicyclic) bond motifs is 2. The molecule has 0 bridgehead atoms. The molecule has 1 N–H and O–H groups in total. The molecule has 1 heterocycles. The van der Waals surface area contributed by atoms with Crippen molar-refractivity contribution >= 4 is 5.91 Å². The van der Waals surface area contributed by atoms with Crippen LogP contribution < -0.4 is 5.32 Å². The van der Waals surface area contributed by atoms with Gasteiger partial charge in [0.1, 0.15) is 0 Å². The summed E-state index contributed by atoms with van der Waals surface area (Å²) >= 11 is 0. The highest BCUT2D eigenvalue weighted by Gasteiger charge is 2.45. The highest BCUT2D eigenvalue weighted by molar-refractivity contribution is 5.73. The zero-order valence-electron chi connectivity index (χ0n) is 16.2. The summed E-state index contributed by atoms with van der Waals surface area (Å²) in [5.74, 6) is 1.62.